The van der Waals surface area contributed by atoms with Crippen LogP contribution < -0.4 is 21.2 Å². The summed E-state index contributed by atoms with van der Waals surface area (Å²) < 4.78 is 0. The van der Waals surface area contributed by atoms with Crippen LogP contribution in [0.2, 0.25) is 0 Å². The summed E-state index contributed by atoms with van der Waals surface area (Å²) in [5.74, 6) is 1.61. The van der Waals surface area contributed by atoms with Gasteiger partial charge in [-0.25, -0.2) is 0 Å². The zero-order chi connectivity index (χ0) is 23.0. The Morgan fingerprint density at radius 2 is 0.676 bits per heavy atom. The van der Waals surface area contributed by atoms with E-state index in [4.69, 9.17) is 0 Å². The van der Waals surface area contributed by atoms with Crippen LogP contribution in [0.1, 0.15) is 25.7 Å². The number of hydrogen-bond acceptors (Lipinski definition) is 0. The van der Waals surface area contributed by atoms with Gasteiger partial charge < -0.3 is 0 Å². The van der Waals surface area contributed by atoms with Gasteiger partial charge in [0.25, 0.3) is 0 Å². The highest BCUT2D eigenvalue weighted by Gasteiger charge is 2.31. The Morgan fingerprint density at radius 1 is 0.412 bits per heavy atom. The summed E-state index contributed by atoms with van der Waals surface area (Å²) in [6.07, 6.45) is 8.19. The van der Waals surface area contributed by atoms with Crippen LogP contribution in [0.25, 0.3) is 0 Å². The van der Waals surface area contributed by atoms with Gasteiger partial charge in [-0.05, 0) is 74.1 Å². The molecule has 1 aliphatic rings. The van der Waals surface area contributed by atoms with Crippen molar-refractivity contribution in [3.63, 3.8) is 0 Å². The van der Waals surface area contributed by atoms with E-state index in [0.29, 0.717) is 0 Å². The standard InChI is InChI=1S/C32H34P2/c1-5-17-29(18-6-1)33(30-19-7-2-8-20-30)25-27-15-13-14-16-28(27)26-34(31-21-9-3-10-22-31)32-23-11-4-12-24-32/h1-12,17-24,27-28H,13-16,25-26H2/t27-,28+. The van der Waals surface area contributed by atoms with Crippen LogP contribution in [-0.4, -0.2) is 12.3 Å². The number of benzene rings is 4. The topological polar surface area (TPSA) is 0 Å². The van der Waals surface area contributed by atoms with Crippen LogP contribution in [0.15, 0.2) is 121 Å². The monoisotopic (exact) mass is 480 g/mol. The summed E-state index contributed by atoms with van der Waals surface area (Å²) in [6.45, 7) is 0. The fourth-order valence-electron chi connectivity index (χ4n) is 5.39. The molecule has 0 saturated heterocycles. The van der Waals surface area contributed by atoms with Crippen LogP contribution in [0.3, 0.4) is 0 Å². The van der Waals surface area contributed by atoms with Crippen LogP contribution in [0.5, 0.6) is 0 Å². The predicted molar refractivity (Wildman–Crippen MR) is 153 cm³/mol. The van der Waals surface area contributed by atoms with Crippen LogP contribution in [0.4, 0.5) is 0 Å². The van der Waals surface area contributed by atoms with Crippen molar-refractivity contribution < 1.29 is 0 Å². The minimum Gasteiger partial charge on any atom is -0.0622 e. The normalized spacial score (nSPS) is 18.3. The van der Waals surface area contributed by atoms with Gasteiger partial charge in [-0.1, -0.05) is 134 Å². The molecule has 0 unspecified atom stereocenters. The van der Waals surface area contributed by atoms with Crippen molar-refractivity contribution in [2.45, 2.75) is 25.7 Å². The van der Waals surface area contributed by atoms with Crippen molar-refractivity contribution in [2.75, 3.05) is 12.3 Å². The Kier molecular flexibility index (Phi) is 8.24. The van der Waals surface area contributed by atoms with E-state index in [9.17, 15) is 0 Å². The first-order chi connectivity index (χ1) is 16.9. The third-order valence-electron chi connectivity index (χ3n) is 7.17. The third kappa shape index (κ3) is 5.86. The first-order valence-corrected chi connectivity index (χ1v) is 15.7. The molecule has 0 bridgehead atoms. The minimum absolute atomic E-state index is 0.327. The van der Waals surface area contributed by atoms with Gasteiger partial charge in [0.1, 0.15) is 0 Å². The van der Waals surface area contributed by atoms with Gasteiger partial charge in [0.15, 0.2) is 0 Å². The van der Waals surface area contributed by atoms with Crippen molar-refractivity contribution in [1.82, 2.24) is 0 Å². The molecule has 0 radical (unpaired) electrons. The Labute approximate surface area is 208 Å². The molecule has 0 N–H and O–H groups in total. The molecule has 0 amide bonds. The maximum atomic E-state index is 2.36. The molecule has 1 fully saturated rings. The molecule has 1 saturated carbocycles. The first-order valence-electron chi connectivity index (χ1n) is 12.6. The van der Waals surface area contributed by atoms with Crippen LogP contribution >= 0.6 is 15.8 Å². The second kappa shape index (κ2) is 11.9. The van der Waals surface area contributed by atoms with Gasteiger partial charge in [0.05, 0.1) is 0 Å². The maximum absolute atomic E-state index is 2.36. The average molecular weight is 481 g/mol. The quantitative estimate of drug-likeness (QED) is 0.237. The van der Waals surface area contributed by atoms with E-state index < -0.39 is 0 Å². The average Bonchev–Trinajstić information content (AvgIpc) is 2.93. The van der Waals surface area contributed by atoms with E-state index in [1.165, 1.54) is 59.2 Å². The van der Waals surface area contributed by atoms with Gasteiger partial charge in [-0.3, -0.25) is 0 Å². The highest BCUT2D eigenvalue weighted by atomic mass is 31.1. The summed E-state index contributed by atoms with van der Waals surface area (Å²) in [4.78, 5) is 0. The van der Waals surface area contributed by atoms with Crippen LogP contribution in [0, 0.1) is 11.8 Å². The smallest absolute Gasteiger partial charge is 0.0195 e. The molecule has 0 heterocycles. The second-order valence-corrected chi connectivity index (χ2v) is 13.9. The van der Waals surface area contributed by atoms with Gasteiger partial charge in [0, 0.05) is 0 Å². The summed E-state index contributed by atoms with van der Waals surface area (Å²) in [5.41, 5.74) is 0. The molecule has 0 nitrogen and oxygen atoms in total. The van der Waals surface area contributed by atoms with E-state index in [2.05, 4.69) is 121 Å². The lowest BCUT2D eigenvalue weighted by Crippen LogP contribution is -2.30. The molecule has 34 heavy (non-hydrogen) atoms. The van der Waals surface area contributed by atoms with Crippen molar-refractivity contribution in [3.05, 3.63) is 121 Å². The summed E-state index contributed by atoms with van der Waals surface area (Å²) >= 11 is 0. The first kappa shape index (κ1) is 23.5. The summed E-state index contributed by atoms with van der Waals surface area (Å²) in [5, 5.41) is 6.12. The molecule has 2 atom stereocenters. The summed E-state index contributed by atoms with van der Waals surface area (Å²) in [7, 11) is -0.653. The largest absolute Gasteiger partial charge is 0.0622 e. The molecular weight excluding hydrogens is 446 g/mol. The molecule has 0 spiro atoms. The SMILES string of the molecule is c1ccc(P(C[C@H]2CCCC[C@H]2CP(c2ccccc2)c2ccccc2)c2ccccc2)cc1. The number of hydrogen-bond donors (Lipinski definition) is 0. The molecule has 0 aromatic heterocycles. The fourth-order valence-corrected chi connectivity index (χ4v) is 10.9. The van der Waals surface area contributed by atoms with Crippen molar-refractivity contribution in [1.29, 1.82) is 0 Å². The molecule has 172 valence electrons. The molecule has 2 heteroatoms. The molecule has 1 aliphatic carbocycles. The third-order valence-corrected chi connectivity index (χ3v) is 12.5. The summed E-state index contributed by atoms with van der Waals surface area (Å²) in [6, 6.07) is 45.2. The Bertz CT molecular complexity index is 941. The zero-order valence-electron chi connectivity index (χ0n) is 19.8. The van der Waals surface area contributed by atoms with Crippen LogP contribution in [-0.2, 0) is 0 Å². The van der Waals surface area contributed by atoms with Gasteiger partial charge in [-0.15, -0.1) is 0 Å². The van der Waals surface area contributed by atoms with Gasteiger partial charge >= 0.3 is 0 Å². The maximum Gasteiger partial charge on any atom is -0.0195 e. The van der Waals surface area contributed by atoms with E-state index in [-0.39, 0.29) is 15.8 Å². The van der Waals surface area contributed by atoms with E-state index in [1.54, 1.807) is 0 Å². The van der Waals surface area contributed by atoms with Crippen molar-refractivity contribution in [3.8, 4) is 0 Å². The Morgan fingerprint density at radius 3 is 0.941 bits per heavy atom. The van der Waals surface area contributed by atoms with Crippen molar-refractivity contribution in [2.24, 2.45) is 11.8 Å². The molecule has 4 aromatic carbocycles. The molecule has 5 rings (SSSR count). The van der Waals surface area contributed by atoms with E-state index in [1.807, 2.05) is 0 Å². The zero-order valence-corrected chi connectivity index (χ0v) is 21.6. The van der Waals surface area contributed by atoms with Crippen molar-refractivity contribution >= 4 is 37.1 Å². The van der Waals surface area contributed by atoms with E-state index >= 15 is 0 Å². The fraction of sp³-hybridized carbons (Fsp3) is 0.250. The highest BCUT2D eigenvalue weighted by Crippen LogP contribution is 2.47. The lowest BCUT2D eigenvalue weighted by atomic mass is 9.81. The van der Waals surface area contributed by atoms with Gasteiger partial charge in [-0.2, -0.15) is 0 Å². The number of rotatable bonds is 8. The van der Waals surface area contributed by atoms with E-state index in [0.717, 1.165) is 11.8 Å². The molecule has 4 aromatic rings. The predicted octanol–water partition coefficient (Wildman–Crippen LogP) is 7.06. The second-order valence-electron chi connectivity index (χ2n) is 9.37. The Balaban J connectivity index is 1.43. The molecule has 0 aliphatic heterocycles. The lowest BCUT2D eigenvalue weighted by Gasteiger charge is -2.37. The highest BCUT2D eigenvalue weighted by molar-refractivity contribution is 7.73. The van der Waals surface area contributed by atoms with Gasteiger partial charge in [0.2, 0.25) is 0 Å². The minimum atomic E-state index is -0.327. The lowest BCUT2D eigenvalue weighted by molar-refractivity contribution is 0.285. The Hall–Kier alpha value is -2.26. The molecular formula is C32H34P2.